The summed E-state index contributed by atoms with van der Waals surface area (Å²) in [5, 5.41) is 17.6. The highest BCUT2D eigenvalue weighted by Gasteiger charge is 2.28. The summed E-state index contributed by atoms with van der Waals surface area (Å²) in [5.41, 5.74) is 12.9. The quantitative estimate of drug-likeness (QED) is 0.159. The minimum absolute atomic E-state index is 1.13. The van der Waals surface area contributed by atoms with Gasteiger partial charge in [-0.3, -0.25) is 0 Å². The predicted molar refractivity (Wildman–Crippen MR) is 309 cm³/mol. The molecule has 14 aromatic rings. The highest BCUT2D eigenvalue weighted by atomic mass is 32.2. The van der Waals surface area contributed by atoms with Crippen LogP contribution in [-0.4, -0.2) is 4.57 Å². The van der Waals surface area contributed by atoms with Crippen molar-refractivity contribution in [2.75, 3.05) is 9.80 Å². The molecular weight excluding hydrogens is 891 g/mol. The van der Waals surface area contributed by atoms with E-state index in [1.807, 2.05) is 11.8 Å². The zero-order valence-electron chi connectivity index (χ0n) is 39.8. The third-order valence-corrected chi connectivity index (χ3v) is 16.2. The monoisotopic (exact) mass is 935 g/mol. The van der Waals surface area contributed by atoms with E-state index in [2.05, 4.69) is 265 Å². The van der Waals surface area contributed by atoms with E-state index < -0.39 is 0 Å². The summed E-state index contributed by atoms with van der Waals surface area (Å²) in [6.07, 6.45) is 0. The van der Waals surface area contributed by atoms with Gasteiger partial charge in [0.1, 0.15) is 0 Å². The van der Waals surface area contributed by atoms with Gasteiger partial charge < -0.3 is 14.4 Å². The van der Waals surface area contributed by atoms with Crippen LogP contribution in [0, 0.1) is 13.8 Å². The van der Waals surface area contributed by atoms with Crippen molar-refractivity contribution in [3.05, 3.63) is 248 Å². The molecule has 0 aliphatic carbocycles. The lowest BCUT2D eigenvalue weighted by Crippen LogP contribution is -2.15. The van der Waals surface area contributed by atoms with Gasteiger partial charge in [0.05, 0.1) is 22.4 Å². The normalized spacial score (nSPS) is 12.5. The van der Waals surface area contributed by atoms with Crippen LogP contribution in [0.4, 0.5) is 34.1 Å². The molecule has 0 unspecified atom stereocenters. The second-order valence-electron chi connectivity index (χ2n) is 19.4. The summed E-state index contributed by atoms with van der Waals surface area (Å²) in [4.78, 5) is 7.38. The van der Waals surface area contributed by atoms with E-state index in [0.717, 1.165) is 28.4 Å². The Kier molecular flexibility index (Phi) is 9.02. The molecule has 0 amide bonds. The number of hydrogen-bond acceptors (Lipinski definition) is 3. The summed E-state index contributed by atoms with van der Waals surface area (Å²) < 4.78 is 2.49. The van der Waals surface area contributed by atoms with Gasteiger partial charge in [0, 0.05) is 49.0 Å². The average molecular weight is 936 g/mol. The van der Waals surface area contributed by atoms with Crippen molar-refractivity contribution in [3.63, 3.8) is 0 Å². The second kappa shape index (κ2) is 15.8. The zero-order chi connectivity index (χ0) is 47.6. The topological polar surface area (TPSA) is 11.4 Å². The fourth-order valence-electron chi connectivity index (χ4n) is 12.0. The number of aryl methyl sites for hydroxylation is 2. The van der Waals surface area contributed by atoms with Crippen LogP contribution >= 0.6 is 11.8 Å². The van der Waals surface area contributed by atoms with E-state index in [9.17, 15) is 0 Å². The average Bonchev–Trinajstić information content (AvgIpc) is 3.73. The van der Waals surface area contributed by atoms with Crippen molar-refractivity contribution in [1.82, 2.24) is 4.57 Å². The van der Waals surface area contributed by atoms with Gasteiger partial charge in [-0.25, -0.2) is 0 Å². The van der Waals surface area contributed by atoms with Crippen molar-refractivity contribution < 1.29 is 0 Å². The zero-order valence-corrected chi connectivity index (χ0v) is 40.6. The fraction of sp³-hybridized carbons (Fsp3) is 0.0294. The number of rotatable bonds is 5. The number of anilines is 6. The SMILES string of the molecule is Cc1cccc(N(c2cccc(C)c2)c2ccc3c4ccc(N5c6ccccc6Sc6cc7c8cc9c%10ccccc%10c%10ccccc%10c9cc8n(-c8ccccc8)c7cc65)cc4c4ccccc4c3c2)c1. The highest BCUT2D eigenvalue weighted by Crippen LogP contribution is 2.55. The van der Waals surface area contributed by atoms with E-state index in [1.54, 1.807) is 0 Å². The van der Waals surface area contributed by atoms with Crippen molar-refractivity contribution in [2.45, 2.75) is 23.6 Å². The van der Waals surface area contributed by atoms with Gasteiger partial charge in [0.2, 0.25) is 0 Å². The molecule has 13 aromatic carbocycles. The first-order chi connectivity index (χ1) is 35.5. The van der Waals surface area contributed by atoms with Crippen LogP contribution in [0.25, 0.3) is 92.1 Å². The van der Waals surface area contributed by atoms with Gasteiger partial charge in [-0.05, 0) is 187 Å². The maximum atomic E-state index is 2.51. The third kappa shape index (κ3) is 6.19. The summed E-state index contributed by atoms with van der Waals surface area (Å²) in [7, 11) is 0. The van der Waals surface area contributed by atoms with E-state index in [0.29, 0.717) is 0 Å². The molecule has 72 heavy (non-hydrogen) atoms. The summed E-state index contributed by atoms with van der Waals surface area (Å²) >= 11 is 1.87. The molecule has 0 fully saturated rings. The molecule has 4 heteroatoms. The molecular formula is C68H45N3S. The molecule has 0 spiro atoms. The highest BCUT2D eigenvalue weighted by molar-refractivity contribution is 7.99. The molecule has 0 radical (unpaired) electrons. The maximum absolute atomic E-state index is 2.51. The molecule has 1 aliphatic heterocycles. The molecule has 1 aliphatic rings. The van der Waals surface area contributed by atoms with Crippen LogP contribution in [0.2, 0.25) is 0 Å². The van der Waals surface area contributed by atoms with Crippen LogP contribution in [0.5, 0.6) is 0 Å². The molecule has 0 N–H and O–H groups in total. The second-order valence-corrected chi connectivity index (χ2v) is 20.5. The van der Waals surface area contributed by atoms with Gasteiger partial charge in [0.25, 0.3) is 0 Å². The van der Waals surface area contributed by atoms with Gasteiger partial charge in [-0.15, -0.1) is 0 Å². The molecule has 2 heterocycles. The Labute approximate surface area is 421 Å². The van der Waals surface area contributed by atoms with E-state index in [-0.39, 0.29) is 0 Å². The largest absolute Gasteiger partial charge is 0.310 e. The lowest BCUT2D eigenvalue weighted by molar-refractivity contribution is 1.15. The molecule has 338 valence electrons. The molecule has 3 nitrogen and oxygen atoms in total. The minimum atomic E-state index is 1.13. The fourth-order valence-corrected chi connectivity index (χ4v) is 13.1. The molecule has 0 atom stereocenters. The lowest BCUT2D eigenvalue weighted by Gasteiger charge is -2.33. The van der Waals surface area contributed by atoms with E-state index in [4.69, 9.17) is 0 Å². The Balaban J connectivity index is 0.959. The van der Waals surface area contributed by atoms with Gasteiger partial charge in [-0.2, -0.15) is 0 Å². The van der Waals surface area contributed by atoms with Gasteiger partial charge in [0.15, 0.2) is 0 Å². The van der Waals surface area contributed by atoms with Crippen molar-refractivity contribution in [1.29, 1.82) is 0 Å². The lowest BCUT2D eigenvalue weighted by atomic mass is 9.93. The van der Waals surface area contributed by atoms with Gasteiger partial charge >= 0.3 is 0 Å². The number of nitrogens with zero attached hydrogens (tertiary/aromatic N) is 3. The summed E-state index contributed by atoms with van der Waals surface area (Å²) in [5.74, 6) is 0. The maximum Gasteiger partial charge on any atom is 0.0622 e. The van der Waals surface area contributed by atoms with Crippen LogP contribution < -0.4 is 9.80 Å². The van der Waals surface area contributed by atoms with Crippen molar-refractivity contribution in [3.8, 4) is 5.69 Å². The number of para-hydroxylation sites is 2. The van der Waals surface area contributed by atoms with Crippen molar-refractivity contribution in [2.24, 2.45) is 0 Å². The van der Waals surface area contributed by atoms with Crippen LogP contribution in [-0.2, 0) is 0 Å². The number of hydrogen-bond donors (Lipinski definition) is 0. The molecule has 15 rings (SSSR count). The molecule has 0 saturated carbocycles. The standard InChI is InChI=1S/C68H45N3S/c1-42-16-14-20-45(34-42)69(46-21-15-17-43(2)35-46)47-30-32-55-56-33-31-48(37-58(56)54-27-11-10-26-53(54)57(55)36-47)71-63-28-12-13-29-67(63)72-68-40-62-61-38-59-51-24-8-6-22-49(51)50-23-7-9-25-52(50)60(59)39-64(61)70(65(62)41-66(68)71)44-18-4-3-5-19-44/h3-41H,1-2H3. The smallest absolute Gasteiger partial charge is 0.0622 e. The summed E-state index contributed by atoms with van der Waals surface area (Å²) in [6.45, 7) is 4.34. The Morgan fingerprint density at radius 1 is 0.292 bits per heavy atom. The first-order valence-corrected chi connectivity index (χ1v) is 25.6. The molecule has 0 bridgehead atoms. The van der Waals surface area contributed by atoms with Crippen LogP contribution in [0.15, 0.2) is 246 Å². The van der Waals surface area contributed by atoms with Crippen LogP contribution in [0.3, 0.4) is 0 Å². The Morgan fingerprint density at radius 3 is 1.42 bits per heavy atom. The Bertz CT molecular complexity index is 4520. The third-order valence-electron chi connectivity index (χ3n) is 15.1. The number of fused-ring (bicyclic) bond motifs is 17. The first kappa shape index (κ1) is 41.0. The van der Waals surface area contributed by atoms with Crippen LogP contribution in [0.1, 0.15) is 11.1 Å². The minimum Gasteiger partial charge on any atom is -0.310 e. The van der Waals surface area contributed by atoms with Gasteiger partial charge in [-0.1, -0.05) is 151 Å². The Hall–Kier alpha value is -8.83. The molecule has 0 saturated heterocycles. The molecule has 1 aromatic heterocycles. The van der Waals surface area contributed by atoms with E-state index in [1.165, 1.54) is 119 Å². The first-order valence-electron chi connectivity index (χ1n) is 24.8. The number of aromatic nitrogens is 1. The number of benzene rings is 13. The summed E-state index contributed by atoms with van der Waals surface area (Å²) in [6, 6.07) is 88.2. The van der Waals surface area contributed by atoms with Crippen molar-refractivity contribution >= 4 is 132 Å². The Morgan fingerprint density at radius 2 is 0.778 bits per heavy atom. The predicted octanol–water partition coefficient (Wildman–Crippen LogP) is 19.7. The van der Waals surface area contributed by atoms with E-state index >= 15 is 0 Å².